The summed E-state index contributed by atoms with van der Waals surface area (Å²) in [5.41, 5.74) is -1.52. The molecule has 2 aromatic carbocycles. The number of carboxylic acids is 1. The molecule has 0 heterocycles. The molecule has 50 heavy (non-hydrogen) atoms. The van der Waals surface area contributed by atoms with Gasteiger partial charge in [-0.25, -0.2) is 4.79 Å². The van der Waals surface area contributed by atoms with Gasteiger partial charge in [0.25, 0.3) is 0 Å². The summed E-state index contributed by atoms with van der Waals surface area (Å²) < 4.78 is 0. The standard InChI is InChI=1S/C38H53N5O7/c1-9-20-43(21-10-2)31(24-27-16-18-28(44)19-17-27)33(46)41-38(7,8)36(50)42-37(5,6)35(49)40-29(23-26-14-12-11-13-15-26)32(45)39-30(34(47)48)22-25(3)4/h9-19,25,29-31,44H,1-2,20-24H2,3-8H3,(H,39,45)(H,40,49)(H,41,46)(H,42,50)(H,47,48)/t29-,30-,31-/m0/s1. The molecule has 0 saturated heterocycles. The summed E-state index contributed by atoms with van der Waals surface area (Å²) in [6.45, 7) is 18.0. The molecule has 0 bridgehead atoms. The minimum Gasteiger partial charge on any atom is -0.508 e. The summed E-state index contributed by atoms with van der Waals surface area (Å²) in [4.78, 5) is 68.3. The summed E-state index contributed by atoms with van der Waals surface area (Å²) in [6.07, 6.45) is 3.87. The van der Waals surface area contributed by atoms with Crippen molar-refractivity contribution in [3.8, 4) is 5.75 Å². The van der Waals surface area contributed by atoms with Crippen LogP contribution in [0.1, 0.15) is 59.1 Å². The Balaban J connectivity index is 2.26. The van der Waals surface area contributed by atoms with Crippen LogP contribution >= 0.6 is 0 Å². The zero-order chi connectivity index (χ0) is 37.6. The molecule has 12 nitrogen and oxygen atoms in total. The highest BCUT2D eigenvalue weighted by Gasteiger charge is 2.40. The second kappa shape index (κ2) is 18.7. The normalized spacial score (nSPS) is 13.4. The van der Waals surface area contributed by atoms with Crippen LogP contribution in [-0.2, 0) is 36.8 Å². The summed E-state index contributed by atoms with van der Waals surface area (Å²) in [5, 5.41) is 30.2. The Morgan fingerprint density at radius 2 is 1.28 bits per heavy atom. The SMILES string of the molecule is C=CCN(CC=C)[C@@H](Cc1ccc(O)cc1)C(=O)NC(C)(C)C(=O)NC(C)(C)C(=O)N[C@@H](Cc1ccccc1)C(=O)N[C@@H](CC(C)C)C(=O)O. The monoisotopic (exact) mass is 691 g/mol. The van der Waals surface area contributed by atoms with Crippen LogP contribution in [0.2, 0.25) is 0 Å². The molecule has 2 aromatic rings. The lowest BCUT2D eigenvalue weighted by molar-refractivity contribution is -0.143. The van der Waals surface area contributed by atoms with E-state index in [2.05, 4.69) is 34.4 Å². The van der Waals surface area contributed by atoms with Gasteiger partial charge in [-0.05, 0) is 69.7 Å². The van der Waals surface area contributed by atoms with Crippen molar-refractivity contribution in [2.45, 2.75) is 90.0 Å². The molecule has 0 spiro atoms. The third-order valence-electron chi connectivity index (χ3n) is 8.06. The maximum Gasteiger partial charge on any atom is 0.326 e. The number of rotatable bonds is 20. The van der Waals surface area contributed by atoms with Gasteiger partial charge >= 0.3 is 5.97 Å². The first kappa shape index (κ1) is 41.2. The van der Waals surface area contributed by atoms with Crippen LogP contribution in [-0.4, -0.2) is 87.0 Å². The van der Waals surface area contributed by atoms with Crippen LogP contribution in [0.3, 0.4) is 0 Å². The molecule has 0 unspecified atom stereocenters. The van der Waals surface area contributed by atoms with Gasteiger partial charge in [-0.15, -0.1) is 13.2 Å². The predicted octanol–water partition coefficient (Wildman–Crippen LogP) is 3.11. The van der Waals surface area contributed by atoms with Gasteiger partial charge in [-0.1, -0.05) is 68.5 Å². The number of aromatic hydroxyl groups is 1. The van der Waals surface area contributed by atoms with Crippen molar-refractivity contribution in [2.24, 2.45) is 5.92 Å². The van der Waals surface area contributed by atoms with Crippen molar-refractivity contribution >= 4 is 29.6 Å². The number of carbonyl (C=O) groups is 5. The van der Waals surface area contributed by atoms with Gasteiger partial charge in [0.05, 0.1) is 6.04 Å². The van der Waals surface area contributed by atoms with E-state index in [0.29, 0.717) is 13.1 Å². The van der Waals surface area contributed by atoms with Crippen LogP contribution in [0, 0.1) is 5.92 Å². The third-order valence-corrected chi connectivity index (χ3v) is 8.06. The molecular weight excluding hydrogens is 638 g/mol. The van der Waals surface area contributed by atoms with Gasteiger partial charge in [0, 0.05) is 19.5 Å². The highest BCUT2D eigenvalue weighted by Crippen LogP contribution is 2.17. The van der Waals surface area contributed by atoms with Crippen molar-refractivity contribution in [3.63, 3.8) is 0 Å². The number of phenols is 1. The zero-order valence-electron chi connectivity index (χ0n) is 30.0. The molecule has 3 atom stereocenters. The largest absolute Gasteiger partial charge is 0.508 e. The molecule has 0 saturated carbocycles. The van der Waals surface area contributed by atoms with Gasteiger partial charge in [0.15, 0.2) is 0 Å². The highest BCUT2D eigenvalue weighted by molar-refractivity contribution is 5.98. The zero-order valence-corrected chi connectivity index (χ0v) is 30.0. The quantitative estimate of drug-likeness (QED) is 0.115. The fourth-order valence-corrected chi connectivity index (χ4v) is 5.21. The van der Waals surface area contributed by atoms with Gasteiger partial charge < -0.3 is 31.5 Å². The van der Waals surface area contributed by atoms with Crippen molar-refractivity contribution in [2.75, 3.05) is 13.1 Å². The number of benzene rings is 2. The Morgan fingerprint density at radius 3 is 1.80 bits per heavy atom. The topological polar surface area (TPSA) is 177 Å². The number of hydrogen-bond donors (Lipinski definition) is 6. The van der Waals surface area contributed by atoms with Crippen LogP contribution in [0.5, 0.6) is 5.75 Å². The molecule has 12 heteroatoms. The summed E-state index contributed by atoms with van der Waals surface area (Å²) in [5.74, 6) is -3.56. The van der Waals surface area contributed by atoms with E-state index in [4.69, 9.17) is 0 Å². The average molecular weight is 692 g/mol. The first-order chi connectivity index (χ1) is 23.4. The number of carbonyl (C=O) groups excluding carboxylic acids is 4. The number of aliphatic carboxylic acids is 1. The minimum atomic E-state index is -1.55. The molecule has 6 N–H and O–H groups in total. The Hall–Kier alpha value is -4.97. The maximum atomic E-state index is 13.8. The number of nitrogens with one attached hydrogen (secondary N) is 4. The van der Waals surface area contributed by atoms with E-state index in [1.165, 1.54) is 39.8 Å². The predicted molar refractivity (Wildman–Crippen MR) is 193 cm³/mol. The Bertz CT molecular complexity index is 1480. The Labute approximate surface area is 295 Å². The van der Waals surface area contributed by atoms with Gasteiger partial charge in [0.1, 0.15) is 28.9 Å². The second-order valence-electron chi connectivity index (χ2n) is 13.9. The number of carboxylic acid groups (broad SMARTS) is 1. The van der Waals surface area contributed by atoms with E-state index in [9.17, 15) is 34.2 Å². The number of phenolic OH excluding ortho intramolecular Hbond substituents is 1. The molecular formula is C38H53N5O7. The second-order valence-corrected chi connectivity index (χ2v) is 13.9. The van der Waals surface area contributed by atoms with Crippen LogP contribution < -0.4 is 21.3 Å². The van der Waals surface area contributed by atoms with E-state index in [1.54, 1.807) is 48.6 Å². The molecule has 0 fully saturated rings. The molecule has 0 aliphatic carbocycles. The van der Waals surface area contributed by atoms with Crippen molar-refractivity contribution < 1.29 is 34.2 Å². The van der Waals surface area contributed by atoms with E-state index in [0.717, 1.165) is 11.1 Å². The molecule has 2 rings (SSSR count). The first-order valence-electron chi connectivity index (χ1n) is 16.7. The van der Waals surface area contributed by atoms with Gasteiger partial charge in [-0.2, -0.15) is 0 Å². The molecule has 272 valence electrons. The average Bonchev–Trinajstić information content (AvgIpc) is 3.03. The van der Waals surface area contributed by atoms with E-state index < -0.39 is 58.8 Å². The van der Waals surface area contributed by atoms with Crippen molar-refractivity contribution in [1.29, 1.82) is 0 Å². The summed E-state index contributed by atoms with van der Waals surface area (Å²) >= 11 is 0. The van der Waals surface area contributed by atoms with Crippen LogP contribution in [0.4, 0.5) is 0 Å². The van der Waals surface area contributed by atoms with Crippen LogP contribution in [0.25, 0.3) is 0 Å². The Morgan fingerprint density at radius 1 is 0.740 bits per heavy atom. The highest BCUT2D eigenvalue weighted by atomic mass is 16.4. The lowest BCUT2D eigenvalue weighted by Gasteiger charge is -2.35. The molecule has 0 aromatic heterocycles. The smallest absolute Gasteiger partial charge is 0.326 e. The number of amides is 4. The van der Waals surface area contributed by atoms with Crippen LogP contribution in [0.15, 0.2) is 79.9 Å². The van der Waals surface area contributed by atoms with E-state index in [-0.39, 0.29) is 30.9 Å². The lowest BCUT2D eigenvalue weighted by atomic mass is 9.96. The first-order valence-corrected chi connectivity index (χ1v) is 16.7. The van der Waals surface area contributed by atoms with E-state index >= 15 is 0 Å². The molecule has 0 radical (unpaired) electrons. The van der Waals surface area contributed by atoms with Crippen molar-refractivity contribution in [3.05, 3.63) is 91.0 Å². The fourth-order valence-electron chi connectivity index (χ4n) is 5.21. The maximum absolute atomic E-state index is 13.8. The summed E-state index contributed by atoms with van der Waals surface area (Å²) in [7, 11) is 0. The number of nitrogens with zero attached hydrogens (tertiary/aromatic N) is 1. The fraction of sp³-hybridized carbons (Fsp3) is 0.447. The number of hydrogen-bond acceptors (Lipinski definition) is 7. The third kappa shape index (κ3) is 12.8. The molecule has 0 aliphatic rings. The van der Waals surface area contributed by atoms with Crippen molar-refractivity contribution in [1.82, 2.24) is 26.2 Å². The lowest BCUT2D eigenvalue weighted by Crippen LogP contribution is -2.65. The van der Waals surface area contributed by atoms with Gasteiger partial charge in [-0.3, -0.25) is 24.1 Å². The summed E-state index contributed by atoms with van der Waals surface area (Å²) in [6, 6.07) is 12.4. The van der Waals surface area contributed by atoms with Gasteiger partial charge in [0.2, 0.25) is 23.6 Å². The molecule has 0 aliphatic heterocycles. The molecule has 4 amide bonds. The van der Waals surface area contributed by atoms with E-state index in [1.807, 2.05) is 24.8 Å². The Kier molecular flexibility index (Phi) is 15.4. The minimum absolute atomic E-state index is 0.00769.